The van der Waals surface area contributed by atoms with Crippen LogP contribution in [-0.4, -0.2) is 46.5 Å². The molecule has 0 aliphatic carbocycles. The molecule has 2 radical (unpaired) electrons. The Hall–Kier alpha value is -4.59. The third kappa shape index (κ3) is 4.93. The average molecular weight is 473 g/mol. The summed E-state index contributed by atoms with van der Waals surface area (Å²) in [7, 11) is 6.07. The number of phenols is 1. The van der Waals surface area contributed by atoms with Gasteiger partial charge in [-0.2, -0.15) is 9.61 Å². The Bertz CT molecular complexity index is 1520. The van der Waals surface area contributed by atoms with Crippen LogP contribution in [0.2, 0.25) is 0 Å². The first-order valence-electron chi connectivity index (χ1n) is 11.7. The smallest absolute Gasteiger partial charge is 0.251 e. The summed E-state index contributed by atoms with van der Waals surface area (Å²) in [4.78, 5) is 17.5. The first-order valence-corrected chi connectivity index (χ1v) is 11.7. The molecule has 0 aliphatic rings. The quantitative estimate of drug-likeness (QED) is 0.238. The van der Waals surface area contributed by atoms with Crippen molar-refractivity contribution < 1.29 is 9.90 Å². The number of hydrogen-bond donors (Lipinski definition) is 3. The number of nitrogens with zero attached hydrogens (tertiary/aromatic N) is 3. The fourth-order valence-electron chi connectivity index (χ4n) is 4.11. The molecule has 0 aliphatic heterocycles. The molecule has 3 aromatic carbocycles. The Balaban J connectivity index is 1.28. The van der Waals surface area contributed by atoms with Gasteiger partial charge in [-0.25, -0.2) is 4.98 Å². The van der Waals surface area contributed by atoms with Crippen molar-refractivity contribution in [3.63, 3.8) is 0 Å². The lowest BCUT2D eigenvalue weighted by atomic mass is 9.99. The minimum absolute atomic E-state index is 0.124. The molecular formula is C28H24BN5O2. The lowest BCUT2D eigenvalue weighted by Gasteiger charge is -2.13. The number of aromatic hydroxyl groups is 1. The van der Waals surface area contributed by atoms with E-state index < -0.39 is 0 Å². The Morgan fingerprint density at radius 3 is 2.53 bits per heavy atom. The third-order valence-electron chi connectivity index (χ3n) is 5.90. The van der Waals surface area contributed by atoms with E-state index in [4.69, 9.17) is 7.85 Å². The maximum Gasteiger partial charge on any atom is 0.251 e. The number of anilines is 1. The predicted octanol–water partition coefficient (Wildman–Crippen LogP) is 3.33. The number of nitrogens with one attached hydrogen (secondary N) is 2. The van der Waals surface area contributed by atoms with Crippen LogP contribution in [0.4, 0.5) is 5.82 Å². The van der Waals surface area contributed by atoms with E-state index in [1.807, 2.05) is 48.5 Å². The largest absolute Gasteiger partial charge is 0.507 e. The van der Waals surface area contributed by atoms with E-state index in [0.717, 1.165) is 11.1 Å². The number of phenolic OH excluding ortho intramolecular Hbond substituents is 1. The number of fused-ring (bicyclic) bond motifs is 1. The van der Waals surface area contributed by atoms with Gasteiger partial charge in [0.05, 0.1) is 5.69 Å². The number of para-hydroxylation sites is 1. The molecule has 0 saturated carbocycles. The number of carbonyl (C=O) groups is 1. The zero-order valence-corrected chi connectivity index (χ0v) is 19.6. The third-order valence-corrected chi connectivity index (χ3v) is 5.90. The van der Waals surface area contributed by atoms with Crippen molar-refractivity contribution >= 4 is 30.7 Å². The van der Waals surface area contributed by atoms with Crippen LogP contribution in [0.5, 0.6) is 5.75 Å². The van der Waals surface area contributed by atoms with Gasteiger partial charge in [-0.05, 0) is 41.2 Å². The Kier molecular flexibility index (Phi) is 6.66. The van der Waals surface area contributed by atoms with Crippen LogP contribution in [0.25, 0.3) is 16.9 Å². The normalized spacial score (nSPS) is 10.9. The van der Waals surface area contributed by atoms with Crippen molar-refractivity contribution in [1.29, 1.82) is 0 Å². The Morgan fingerprint density at radius 1 is 0.944 bits per heavy atom. The maximum absolute atomic E-state index is 12.9. The van der Waals surface area contributed by atoms with E-state index in [2.05, 4.69) is 32.8 Å². The van der Waals surface area contributed by atoms with Crippen LogP contribution < -0.4 is 16.1 Å². The van der Waals surface area contributed by atoms with Crippen LogP contribution in [-0.2, 0) is 6.42 Å². The van der Waals surface area contributed by atoms with Gasteiger partial charge in [0, 0.05) is 36.5 Å². The second-order valence-electron chi connectivity index (χ2n) is 8.38. The van der Waals surface area contributed by atoms with E-state index in [1.54, 1.807) is 28.8 Å². The van der Waals surface area contributed by atoms with Gasteiger partial charge in [-0.1, -0.05) is 60.7 Å². The summed E-state index contributed by atoms with van der Waals surface area (Å²) in [6.45, 7) is 0.844. The van der Waals surface area contributed by atoms with Gasteiger partial charge < -0.3 is 15.7 Å². The molecule has 1 amide bonds. The van der Waals surface area contributed by atoms with Crippen LogP contribution in [0, 0.1) is 0 Å². The van der Waals surface area contributed by atoms with Gasteiger partial charge in [-0.3, -0.25) is 4.79 Å². The highest BCUT2D eigenvalue weighted by Crippen LogP contribution is 2.29. The first kappa shape index (κ1) is 23.2. The molecule has 0 spiro atoms. The van der Waals surface area contributed by atoms with Gasteiger partial charge in [0.1, 0.15) is 19.4 Å². The summed E-state index contributed by atoms with van der Waals surface area (Å²) in [6, 6.07) is 26.5. The fourth-order valence-corrected chi connectivity index (χ4v) is 4.11. The molecule has 0 unspecified atom stereocenters. The summed E-state index contributed by atoms with van der Waals surface area (Å²) in [6.07, 6.45) is 2.22. The molecule has 5 rings (SSSR count). The van der Waals surface area contributed by atoms with Crippen molar-refractivity contribution in [3.05, 3.63) is 108 Å². The summed E-state index contributed by atoms with van der Waals surface area (Å²) < 4.78 is 1.61. The number of aromatic nitrogens is 3. The Morgan fingerprint density at radius 2 is 1.69 bits per heavy atom. The standard InChI is InChI=1S/C28H24BN5O2/c29-23-18-32-34-26(17-24(33-27(23)34)22-12-6-7-13-25(22)35)30-14-15-31-28(36)21-11-5-4-10-20(21)16-19-8-2-1-3-9-19/h1-13,17-18,30,35H,14-16H2,(H,31,36). The van der Waals surface area contributed by atoms with Crippen molar-refractivity contribution in [1.82, 2.24) is 19.9 Å². The molecule has 0 bridgehead atoms. The molecule has 3 N–H and O–H groups in total. The van der Waals surface area contributed by atoms with E-state index >= 15 is 0 Å². The zero-order chi connectivity index (χ0) is 24.9. The van der Waals surface area contributed by atoms with Crippen molar-refractivity contribution in [2.75, 3.05) is 18.4 Å². The minimum Gasteiger partial charge on any atom is -0.507 e. The van der Waals surface area contributed by atoms with Crippen LogP contribution in [0.3, 0.4) is 0 Å². The van der Waals surface area contributed by atoms with E-state index in [0.29, 0.717) is 53.3 Å². The fraction of sp³-hybridized carbons (Fsp3) is 0.107. The van der Waals surface area contributed by atoms with Crippen LogP contribution in [0.15, 0.2) is 91.1 Å². The van der Waals surface area contributed by atoms with Gasteiger partial charge in [-0.15, -0.1) is 0 Å². The molecule has 0 atom stereocenters. The molecule has 7 nitrogen and oxygen atoms in total. The van der Waals surface area contributed by atoms with Gasteiger partial charge in [0.15, 0.2) is 5.65 Å². The predicted molar refractivity (Wildman–Crippen MR) is 142 cm³/mol. The first-order chi connectivity index (χ1) is 17.6. The summed E-state index contributed by atoms with van der Waals surface area (Å²) in [5, 5.41) is 20.9. The lowest BCUT2D eigenvalue weighted by Crippen LogP contribution is -2.30. The molecule has 5 aromatic rings. The number of rotatable bonds is 8. The topological polar surface area (TPSA) is 91.5 Å². The number of carbonyl (C=O) groups excluding carboxylic acids is 1. The van der Waals surface area contributed by atoms with Crippen molar-refractivity contribution in [2.45, 2.75) is 6.42 Å². The molecule has 2 heterocycles. The van der Waals surface area contributed by atoms with Gasteiger partial charge in [0.2, 0.25) is 0 Å². The second-order valence-corrected chi connectivity index (χ2v) is 8.38. The lowest BCUT2D eigenvalue weighted by molar-refractivity contribution is 0.0954. The summed E-state index contributed by atoms with van der Waals surface area (Å²) in [5.74, 6) is 0.648. The monoisotopic (exact) mass is 473 g/mol. The molecule has 0 saturated heterocycles. The minimum atomic E-state index is -0.124. The van der Waals surface area contributed by atoms with Gasteiger partial charge in [0.25, 0.3) is 5.91 Å². The number of amides is 1. The molecule has 8 heteroatoms. The number of hydrogen-bond acceptors (Lipinski definition) is 5. The van der Waals surface area contributed by atoms with E-state index in [-0.39, 0.29) is 11.7 Å². The maximum atomic E-state index is 12.9. The van der Waals surface area contributed by atoms with Crippen LogP contribution >= 0.6 is 0 Å². The molecule has 0 fully saturated rings. The highest BCUT2D eigenvalue weighted by molar-refractivity contribution is 6.36. The highest BCUT2D eigenvalue weighted by atomic mass is 16.3. The molecule has 2 aromatic heterocycles. The average Bonchev–Trinajstić information content (AvgIpc) is 3.28. The van der Waals surface area contributed by atoms with E-state index in [9.17, 15) is 9.90 Å². The summed E-state index contributed by atoms with van der Waals surface area (Å²) in [5.41, 5.74) is 4.86. The Labute approximate surface area is 210 Å². The summed E-state index contributed by atoms with van der Waals surface area (Å²) >= 11 is 0. The SMILES string of the molecule is [B]c1cnn2c(NCCNC(=O)c3ccccc3Cc3ccccc3)cc(-c3ccccc3O)nc12. The van der Waals surface area contributed by atoms with E-state index in [1.165, 1.54) is 6.20 Å². The van der Waals surface area contributed by atoms with Crippen LogP contribution in [0.1, 0.15) is 21.5 Å². The molecular weight excluding hydrogens is 449 g/mol. The van der Waals surface area contributed by atoms with Crippen molar-refractivity contribution in [3.8, 4) is 17.0 Å². The van der Waals surface area contributed by atoms with Crippen molar-refractivity contribution in [2.24, 2.45) is 0 Å². The second kappa shape index (κ2) is 10.4. The molecule has 36 heavy (non-hydrogen) atoms. The highest BCUT2D eigenvalue weighted by Gasteiger charge is 2.14. The number of benzene rings is 3. The van der Waals surface area contributed by atoms with Gasteiger partial charge >= 0.3 is 0 Å². The molecule has 176 valence electrons. The zero-order valence-electron chi connectivity index (χ0n) is 19.6.